The standard InChI is InChI=1S/C16H18Cl2N2O/c1-3-9-19-10-12-7-8-15(20-11(12)2)21-14-6-4-5-13(17)16(14)18/h4-8,19H,3,9-10H2,1-2H3. The van der Waals surface area contributed by atoms with Gasteiger partial charge in [-0.3, -0.25) is 0 Å². The van der Waals surface area contributed by atoms with E-state index in [2.05, 4.69) is 17.2 Å². The van der Waals surface area contributed by atoms with Crippen LogP contribution in [0.3, 0.4) is 0 Å². The van der Waals surface area contributed by atoms with E-state index in [1.807, 2.05) is 19.1 Å². The predicted octanol–water partition coefficient (Wildman–Crippen LogP) is 4.99. The number of halogens is 2. The Morgan fingerprint density at radius 1 is 1.19 bits per heavy atom. The van der Waals surface area contributed by atoms with E-state index in [0.29, 0.717) is 21.7 Å². The van der Waals surface area contributed by atoms with Gasteiger partial charge in [0.1, 0.15) is 10.8 Å². The second-order valence-corrected chi connectivity index (χ2v) is 5.51. The van der Waals surface area contributed by atoms with Crippen molar-refractivity contribution in [2.24, 2.45) is 0 Å². The number of nitrogens with one attached hydrogen (secondary N) is 1. The maximum Gasteiger partial charge on any atom is 0.219 e. The molecule has 1 aromatic carbocycles. The molecule has 0 atom stereocenters. The van der Waals surface area contributed by atoms with Crippen LogP contribution in [0, 0.1) is 6.92 Å². The van der Waals surface area contributed by atoms with Crippen LogP contribution in [0.4, 0.5) is 0 Å². The van der Waals surface area contributed by atoms with Crippen molar-refractivity contribution in [1.29, 1.82) is 0 Å². The van der Waals surface area contributed by atoms with Crippen LogP contribution in [0.5, 0.6) is 11.6 Å². The van der Waals surface area contributed by atoms with Crippen molar-refractivity contribution < 1.29 is 4.74 Å². The van der Waals surface area contributed by atoms with E-state index >= 15 is 0 Å². The molecule has 0 unspecified atom stereocenters. The number of ether oxygens (including phenoxy) is 1. The quantitative estimate of drug-likeness (QED) is 0.760. The Hall–Kier alpha value is -1.29. The number of benzene rings is 1. The predicted molar refractivity (Wildman–Crippen MR) is 87.5 cm³/mol. The van der Waals surface area contributed by atoms with E-state index in [1.165, 1.54) is 0 Å². The number of aromatic nitrogens is 1. The fraction of sp³-hybridized carbons (Fsp3) is 0.312. The molecule has 1 heterocycles. The van der Waals surface area contributed by atoms with Crippen LogP contribution in [0.25, 0.3) is 0 Å². The van der Waals surface area contributed by atoms with Gasteiger partial charge in [-0.1, -0.05) is 42.3 Å². The first-order valence-corrected chi connectivity index (χ1v) is 7.66. The van der Waals surface area contributed by atoms with Gasteiger partial charge in [0.25, 0.3) is 0 Å². The lowest BCUT2D eigenvalue weighted by Gasteiger charge is -2.11. The number of hydrogen-bond donors (Lipinski definition) is 1. The summed E-state index contributed by atoms with van der Waals surface area (Å²) in [4.78, 5) is 4.45. The molecule has 5 heteroatoms. The maximum atomic E-state index is 6.10. The Balaban J connectivity index is 2.11. The Labute approximate surface area is 135 Å². The Bertz CT molecular complexity index is 617. The topological polar surface area (TPSA) is 34.1 Å². The lowest BCUT2D eigenvalue weighted by atomic mass is 10.2. The van der Waals surface area contributed by atoms with E-state index in [-0.39, 0.29) is 0 Å². The molecular weight excluding hydrogens is 307 g/mol. The molecule has 0 fully saturated rings. The van der Waals surface area contributed by atoms with Gasteiger partial charge in [-0.05, 0) is 37.6 Å². The van der Waals surface area contributed by atoms with E-state index in [1.54, 1.807) is 18.2 Å². The molecule has 21 heavy (non-hydrogen) atoms. The molecule has 0 amide bonds. The summed E-state index contributed by atoms with van der Waals surface area (Å²) in [6.45, 7) is 5.92. The minimum absolute atomic E-state index is 0.396. The Kier molecular flexibility index (Phi) is 5.85. The molecule has 2 aromatic rings. The summed E-state index contributed by atoms with van der Waals surface area (Å²) in [5.74, 6) is 1.02. The van der Waals surface area contributed by atoms with Crippen LogP contribution < -0.4 is 10.1 Å². The Morgan fingerprint density at radius 3 is 2.71 bits per heavy atom. The van der Waals surface area contributed by atoms with E-state index in [4.69, 9.17) is 27.9 Å². The van der Waals surface area contributed by atoms with E-state index < -0.39 is 0 Å². The molecule has 2 rings (SSSR count). The fourth-order valence-corrected chi connectivity index (χ4v) is 2.22. The molecule has 0 bridgehead atoms. The average Bonchev–Trinajstić information content (AvgIpc) is 2.46. The van der Waals surface area contributed by atoms with Gasteiger partial charge in [0, 0.05) is 18.3 Å². The summed E-state index contributed by atoms with van der Waals surface area (Å²) in [7, 11) is 0. The van der Waals surface area contributed by atoms with Gasteiger partial charge in [0.2, 0.25) is 5.88 Å². The third kappa shape index (κ3) is 4.34. The van der Waals surface area contributed by atoms with Gasteiger partial charge in [-0.15, -0.1) is 0 Å². The number of aryl methyl sites for hydroxylation is 1. The van der Waals surface area contributed by atoms with Crippen molar-refractivity contribution in [2.75, 3.05) is 6.54 Å². The lowest BCUT2D eigenvalue weighted by molar-refractivity contribution is 0.461. The summed E-state index contributed by atoms with van der Waals surface area (Å²) in [5.41, 5.74) is 2.10. The summed E-state index contributed by atoms with van der Waals surface area (Å²) < 4.78 is 5.70. The summed E-state index contributed by atoms with van der Waals surface area (Å²) in [6.07, 6.45) is 1.11. The van der Waals surface area contributed by atoms with E-state index in [9.17, 15) is 0 Å². The molecular formula is C16H18Cl2N2O. The molecule has 0 saturated carbocycles. The third-order valence-electron chi connectivity index (χ3n) is 3.04. The molecule has 1 aromatic heterocycles. The lowest BCUT2D eigenvalue weighted by Crippen LogP contribution is -2.15. The normalized spacial score (nSPS) is 10.7. The van der Waals surface area contributed by atoms with Crippen molar-refractivity contribution in [3.05, 3.63) is 51.6 Å². The SMILES string of the molecule is CCCNCc1ccc(Oc2cccc(Cl)c2Cl)nc1C. The van der Waals surface area contributed by atoms with Gasteiger partial charge in [-0.2, -0.15) is 0 Å². The highest BCUT2D eigenvalue weighted by Crippen LogP contribution is 2.34. The summed E-state index contributed by atoms with van der Waals surface area (Å²) >= 11 is 12.1. The van der Waals surface area contributed by atoms with Gasteiger partial charge in [0.15, 0.2) is 0 Å². The first-order valence-electron chi connectivity index (χ1n) is 6.91. The second-order valence-electron chi connectivity index (χ2n) is 4.72. The minimum Gasteiger partial charge on any atom is -0.437 e. The van der Waals surface area contributed by atoms with Crippen LogP contribution in [0.15, 0.2) is 30.3 Å². The van der Waals surface area contributed by atoms with Crippen molar-refractivity contribution in [1.82, 2.24) is 10.3 Å². The average molecular weight is 325 g/mol. The van der Waals surface area contributed by atoms with Crippen molar-refractivity contribution in [3.63, 3.8) is 0 Å². The van der Waals surface area contributed by atoms with Crippen LogP contribution >= 0.6 is 23.2 Å². The maximum absolute atomic E-state index is 6.10. The number of rotatable bonds is 6. The number of nitrogens with zero attached hydrogens (tertiary/aromatic N) is 1. The zero-order chi connectivity index (χ0) is 15.2. The summed E-state index contributed by atoms with van der Waals surface area (Å²) in [6, 6.07) is 9.13. The largest absolute Gasteiger partial charge is 0.437 e. The molecule has 3 nitrogen and oxygen atoms in total. The van der Waals surface area contributed by atoms with Gasteiger partial charge in [0.05, 0.1) is 5.02 Å². The smallest absolute Gasteiger partial charge is 0.219 e. The molecule has 1 N–H and O–H groups in total. The minimum atomic E-state index is 0.396. The zero-order valence-corrected chi connectivity index (χ0v) is 13.6. The third-order valence-corrected chi connectivity index (χ3v) is 3.84. The molecule has 0 spiro atoms. The van der Waals surface area contributed by atoms with Crippen LogP contribution in [-0.4, -0.2) is 11.5 Å². The number of hydrogen-bond acceptors (Lipinski definition) is 3. The molecule has 0 aliphatic carbocycles. The first-order chi connectivity index (χ1) is 10.1. The van der Waals surface area contributed by atoms with Crippen LogP contribution in [-0.2, 0) is 6.54 Å². The highest BCUT2D eigenvalue weighted by molar-refractivity contribution is 6.42. The van der Waals surface area contributed by atoms with Gasteiger partial charge >= 0.3 is 0 Å². The highest BCUT2D eigenvalue weighted by Gasteiger charge is 2.08. The molecule has 0 aliphatic rings. The van der Waals surface area contributed by atoms with Crippen LogP contribution in [0.2, 0.25) is 10.0 Å². The zero-order valence-electron chi connectivity index (χ0n) is 12.1. The highest BCUT2D eigenvalue weighted by atomic mass is 35.5. The fourth-order valence-electron chi connectivity index (χ4n) is 1.89. The van der Waals surface area contributed by atoms with Gasteiger partial charge in [-0.25, -0.2) is 4.98 Å². The number of pyridine rings is 1. The molecule has 0 saturated heterocycles. The first kappa shape index (κ1) is 16.1. The summed E-state index contributed by atoms with van der Waals surface area (Å²) in [5, 5.41) is 4.22. The van der Waals surface area contributed by atoms with Crippen molar-refractivity contribution in [2.45, 2.75) is 26.8 Å². The second kappa shape index (κ2) is 7.64. The van der Waals surface area contributed by atoms with Crippen molar-refractivity contribution in [3.8, 4) is 11.6 Å². The Morgan fingerprint density at radius 2 is 2.00 bits per heavy atom. The van der Waals surface area contributed by atoms with Crippen LogP contribution in [0.1, 0.15) is 24.6 Å². The van der Waals surface area contributed by atoms with Gasteiger partial charge < -0.3 is 10.1 Å². The molecule has 0 radical (unpaired) electrons. The molecule has 0 aliphatic heterocycles. The van der Waals surface area contributed by atoms with Crippen molar-refractivity contribution >= 4 is 23.2 Å². The van der Waals surface area contributed by atoms with E-state index in [0.717, 1.165) is 30.8 Å². The molecule has 112 valence electrons. The monoisotopic (exact) mass is 324 g/mol.